The second kappa shape index (κ2) is 9.09. The highest BCUT2D eigenvalue weighted by Crippen LogP contribution is 2.07. The van der Waals surface area contributed by atoms with Crippen LogP contribution >= 0.6 is 0 Å². The van der Waals surface area contributed by atoms with Crippen LogP contribution in [0.2, 0.25) is 0 Å². The van der Waals surface area contributed by atoms with Crippen LogP contribution in [0.25, 0.3) is 0 Å². The molecular formula is C11H23NO3. The predicted octanol–water partition coefficient (Wildman–Crippen LogP) is 0.666. The standard InChI is InChI=1S/C11H23NO3/c1-13-7-8-14-5-2-6-15-10-11-3-4-12-9-11/h11-12H,2-10H2,1H3. The van der Waals surface area contributed by atoms with E-state index in [0.29, 0.717) is 13.2 Å². The summed E-state index contributed by atoms with van der Waals surface area (Å²) in [5, 5.41) is 3.33. The molecule has 1 fully saturated rings. The molecule has 1 rings (SSSR count). The smallest absolute Gasteiger partial charge is 0.0700 e. The van der Waals surface area contributed by atoms with Gasteiger partial charge in [-0.3, -0.25) is 0 Å². The Morgan fingerprint density at radius 3 is 2.73 bits per heavy atom. The van der Waals surface area contributed by atoms with Crippen molar-refractivity contribution in [2.75, 3.05) is 53.2 Å². The van der Waals surface area contributed by atoms with Gasteiger partial charge in [-0.15, -0.1) is 0 Å². The molecule has 0 radical (unpaired) electrons. The van der Waals surface area contributed by atoms with Crippen molar-refractivity contribution in [1.82, 2.24) is 5.32 Å². The maximum atomic E-state index is 5.57. The van der Waals surface area contributed by atoms with Gasteiger partial charge in [0.1, 0.15) is 0 Å². The van der Waals surface area contributed by atoms with Crippen molar-refractivity contribution in [2.45, 2.75) is 12.8 Å². The second-order valence-corrected chi connectivity index (χ2v) is 3.89. The van der Waals surface area contributed by atoms with Gasteiger partial charge in [0.2, 0.25) is 0 Å². The zero-order valence-electron chi connectivity index (χ0n) is 9.67. The average Bonchev–Trinajstić information content (AvgIpc) is 2.75. The summed E-state index contributed by atoms with van der Waals surface area (Å²) in [7, 11) is 1.68. The number of rotatable bonds is 9. The van der Waals surface area contributed by atoms with Crippen LogP contribution in [0, 0.1) is 5.92 Å². The van der Waals surface area contributed by atoms with Crippen molar-refractivity contribution in [3.8, 4) is 0 Å². The molecule has 0 bridgehead atoms. The Balaban J connectivity index is 1.73. The lowest BCUT2D eigenvalue weighted by Gasteiger charge is -2.09. The molecule has 4 heteroatoms. The van der Waals surface area contributed by atoms with Crippen LogP contribution in [0.1, 0.15) is 12.8 Å². The minimum Gasteiger partial charge on any atom is -0.382 e. The third-order valence-electron chi connectivity index (χ3n) is 2.53. The first-order valence-electron chi connectivity index (χ1n) is 5.78. The highest BCUT2D eigenvalue weighted by molar-refractivity contribution is 4.70. The Morgan fingerprint density at radius 1 is 1.13 bits per heavy atom. The number of nitrogens with one attached hydrogen (secondary N) is 1. The van der Waals surface area contributed by atoms with Gasteiger partial charge < -0.3 is 19.5 Å². The molecule has 0 spiro atoms. The van der Waals surface area contributed by atoms with Crippen LogP contribution < -0.4 is 5.32 Å². The number of methoxy groups -OCH3 is 1. The molecule has 1 atom stereocenters. The van der Waals surface area contributed by atoms with E-state index in [4.69, 9.17) is 14.2 Å². The molecule has 4 nitrogen and oxygen atoms in total. The first-order valence-corrected chi connectivity index (χ1v) is 5.78. The van der Waals surface area contributed by atoms with Crippen molar-refractivity contribution in [3.63, 3.8) is 0 Å². The van der Waals surface area contributed by atoms with Crippen LogP contribution in [0.3, 0.4) is 0 Å². The average molecular weight is 217 g/mol. The Kier molecular flexibility index (Phi) is 7.83. The largest absolute Gasteiger partial charge is 0.382 e. The van der Waals surface area contributed by atoms with E-state index in [1.807, 2.05) is 0 Å². The van der Waals surface area contributed by atoms with E-state index in [2.05, 4.69) is 5.32 Å². The van der Waals surface area contributed by atoms with Crippen molar-refractivity contribution < 1.29 is 14.2 Å². The second-order valence-electron chi connectivity index (χ2n) is 3.89. The third kappa shape index (κ3) is 6.84. The summed E-state index contributed by atoms with van der Waals surface area (Å²) in [5.74, 6) is 0.722. The minimum absolute atomic E-state index is 0.675. The molecule has 0 saturated carbocycles. The molecular weight excluding hydrogens is 194 g/mol. The summed E-state index contributed by atoms with van der Waals surface area (Å²) >= 11 is 0. The van der Waals surface area contributed by atoms with Gasteiger partial charge in [0.05, 0.1) is 19.8 Å². The van der Waals surface area contributed by atoms with Crippen molar-refractivity contribution in [1.29, 1.82) is 0 Å². The van der Waals surface area contributed by atoms with E-state index in [0.717, 1.165) is 45.2 Å². The normalized spacial score (nSPS) is 21.0. The SMILES string of the molecule is COCCOCCCOCC1CCNC1. The van der Waals surface area contributed by atoms with Gasteiger partial charge in [0, 0.05) is 26.9 Å². The van der Waals surface area contributed by atoms with Gasteiger partial charge in [-0.2, -0.15) is 0 Å². The van der Waals surface area contributed by atoms with Gasteiger partial charge in [-0.05, 0) is 25.3 Å². The van der Waals surface area contributed by atoms with Crippen molar-refractivity contribution in [3.05, 3.63) is 0 Å². The van der Waals surface area contributed by atoms with Crippen molar-refractivity contribution in [2.24, 2.45) is 5.92 Å². The van der Waals surface area contributed by atoms with E-state index >= 15 is 0 Å². The Labute approximate surface area is 92.3 Å². The summed E-state index contributed by atoms with van der Waals surface area (Å²) < 4.78 is 15.8. The zero-order valence-corrected chi connectivity index (χ0v) is 9.67. The van der Waals surface area contributed by atoms with Gasteiger partial charge >= 0.3 is 0 Å². The minimum atomic E-state index is 0.675. The number of hydrogen-bond donors (Lipinski definition) is 1. The molecule has 0 aromatic carbocycles. The van der Waals surface area contributed by atoms with E-state index in [1.54, 1.807) is 7.11 Å². The molecule has 1 heterocycles. The van der Waals surface area contributed by atoms with Crippen LogP contribution in [-0.2, 0) is 14.2 Å². The molecule has 0 aromatic heterocycles. The molecule has 0 amide bonds. The molecule has 90 valence electrons. The fourth-order valence-electron chi connectivity index (χ4n) is 1.61. The topological polar surface area (TPSA) is 39.7 Å². The van der Waals surface area contributed by atoms with E-state index in [9.17, 15) is 0 Å². The molecule has 1 saturated heterocycles. The van der Waals surface area contributed by atoms with Gasteiger partial charge in [-0.25, -0.2) is 0 Å². The molecule has 1 N–H and O–H groups in total. The first-order chi connectivity index (χ1) is 7.43. The van der Waals surface area contributed by atoms with Crippen LogP contribution in [0.5, 0.6) is 0 Å². The lowest BCUT2D eigenvalue weighted by atomic mass is 10.1. The zero-order chi connectivity index (χ0) is 10.8. The van der Waals surface area contributed by atoms with E-state index in [1.165, 1.54) is 6.42 Å². The number of ether oxygens (including phenoxy) is 3. The molecule has 1 unspecified atom stereocenters. The fourth-order valence-corrected chi connectivity index (χ4v) is 1.61. The van der Waals surface area contributed by atoms with Crippen molar-refractivity contribution >= 4 is 0 Å². The van der Waals surface area contributed by atoms with Crippen LogP contribution in [0.15, 0.2) is 0 Å². The van der Waals surface area contributed by atoms with Gasteiger partial charge in [0.15, 0.2) is 0 Å². The summed E-state index contributed by atoms with van der Waals surface area (Å²) in [6, 6.07) is 0. The summed E-state index contributed by atoms with van der Waals surface area (Å²) in [6.07, 6.45) is 2.23. The fraction of sp³-hybridized carbons (Fsp3) is 1.00. The summed E-state index contributed by atoms with van der Waals surface area (Å²) in [4.78, 5) is 0. The molecule has 1 aliphatic heterocycles. The van der Waals surface area contributed by atoms with Crippen LogP contribution in [0.4, 0.5) is 0 Å². The Morgan fingerprint density at radius 2 is 2.00 bits per heavy atom. The highest BCUT2D eigenvalue weighted by atomic mass is 16.5. The molecule has 1 aliphatic rings. The lowest BCUT2D eigenvalue weighted by molar-refractivity contribution is 0.0458. The summed E-state index contributed by atoms with van der Waals surface area (Å²) in [6.45, 7) is 6.09. The number of hydrogen-bond acceptors (Lipinski definition) is 4. The van der Waals surface area contributed by atoms with E-state index in [-0.39, 0.29) is 0 Å². The maximum Gasteiger partial charge on any atom is 0.0700 e. The van der Waals surface area contributed by atoms with Gasteiger partial charge in [0.25, 0.3) is 0 Å². The Hall–Kier alpha value is -0.160. The molecule has 15 heavy (non-hydrogen) atoms. The predicted molar refractivity (Wildman–Crippen MR) is 59.1 cm³/mol. The maximum absolute atomic E-state index is 5.57. The summed E-state index contributed by atoms with van der Waals surface area (Å²) in [5.41, 5.74) is 0. The monoisotopic (exact) mass is 217 g/mol. The quantitative estimate of drug-likeness (QED) is 0.576. The first kappa shape index (κ1) is 12.9. The van der Waals surface area contributed by atoms with Gasteiger partial charge in [-0.1, -0.05) is 0 Å². The lowest BCUT2D eigenvalue weighted by Crippen LogP contribution is -2.14. The highest BCUT2D eigenvalue weighted by Gasteiger charge is 2.13. The molecule has 0 aliphatic carbocycles. The molecule has 0 aromatic rings. The van der Waals surface area contributed by atoms with Crippen LogP contribution in [-0.4, -0.2) is 53.2 Å². The Bertz CT molecular complexity index is 138. The third-order valence-corrected chi connectivity index (χ3v) is 2.53. The van der Waals surface area contributed by atoms with E-state index < -0.39 is 0 Å².